The zero-order chi connectivity index (χ0) is 23.7. The summed E-state index contributed by atoms with van der Waals surface area (Å²) in [5, 5.41) is 0. The van der Waals surface area contributed by atoms with Crippen LogP contribution in [0.4, 0.5) is 30.7 Å². The monoisotopic (exact) mass is 466 g/mol. The summed E-state index contributed by atoms with van der Waals surface area (Å²) in [7, 11) is 1.72. The Bertz CT molecular complexity index is 806. The van der Waals surface area contributed by atoms with Gasteiger partial charge >= 0.3 is 6.36 Å². The van der Waals surface area contributed by atoms with Crippen molar-refractivity contribution in [2.24, 2.45) is 5.92 Å². The molecule has 3 rings (SSSR count). The van der Waals surface area contributed by atoms with E-state index in [1.165, 1.54) is 36.8 Å². The van der Waals surface area contributed by atoms with Crippen molar-refractivity contribution in [3.63, 3.8) is 0 Å². The molecule has 2 nitrogen and oxygen atoms in total. The number of hydrogen-bond donors (Lipinski definition) is 0. The van der Waals surface area contributed by atoms with Gasteiger partial charge in [0.05, 0.1) is 13.3 Å². The molecule has 0 radical (unpaired) electrons. The highest BCUT2D eigenvalue weighted by atomic mass is 19.4. The second kappa shape index (κ2) is 12.1. The molecule has 0 bridgehead atoms. The van der Waals surface area contributed by atoms with E-state index in [0.717, 1.165) is 6.42 Å². The number of hydrogen-bond acceptors (Lipinski definition) is 2. The van der Waals surface area contributed by atoms with Crippen LogP contribution in [0.5, 0.6) is 5.75 Å². The first-order valence-electron chi connectivity index (χ1n) is 10.2. The standard InChI is InChI=1S/C16H23FO.C7H2F6O/c1-18-12-14-4-8-16(9-5-14)15-6-2-13(3-7-15)10-11-17;8-3-1-4(9)6(5(10)2-3)14-7(11,12)13/h4-5,8-9,13,15H,2-3,6-7,10-12H2,1H3;1-2H. The molecule has 0 N–H and O–H groups in total. The van der Waals surface area contributed by atoms with Crippen LogP contribution in [0.2, 0.25) is 0 Å². The number of ether oxygens (including phenoxy) is 2. The molecule has 178 valence electrons. The Morgan fingerprint density at radius 2 is 1.47 bits per heavy atom. The van der Waals surface area contributed by atoms with Crippen LogP contribution in [0.1, 0.15) is 49.1 Å². The van der Waals surface area contributed by atoms with Crippen LogP contribution >= 0.6 is 0 Å². The van der Waals surface area contributed by atoms with Crippen molar-refractivity contribution in [1.82, 2.24) is 0 Å². The predicted octanol–water partition coefficient (Wildman–Crippen LogP) is 7.47. The van der Waals surface area contributed by atoms with Crippen LogP contribution in [0, 0.1) is 23.4 Å². The van der Waals surface area contributed by atoms with E-state index in [-0.39, 0.29) is 18.8 Å². The zero-order valence-corrected chi connectivity index (χ0v) is 17.5. The Balaban J connectivity index is 0.000000235. The number of benzene rings is 2. The first-order chi connectivity index (χ1) is 15.1. The van der Waals surface area contributed by atoms with Gasteiger partial charge in [0.1, 0.15) is 5.82 Å². The summed E-state index contributed by atoms with van der Waals surface area (Å²) in [6, 6.07) is 8.95. The van der Waals surface area contributed by atoms with Crippen LogP contribution < -0.4 is 4.74 Å². The van der Waals surface area contributed by atoms with Crippen molar-refractivity contribution >= 4 is 0 Å². The highest BCUT2D eigenvalue weighted by Gasteiger charge is 2.34. The topological polar surface area (TPSA) is 18.5 Å². The number of methoxy groups -OCH3 is 1. The summed E-state index contributed by atoms with van der Waals surface area (Å²) in [5.41, 5.74) is 2.67. The molecule has 0 amide bonds. The molecule has 0 heterocycles. The van der Waals surface area contributed by atoms with Crippen molar-refractivity contribution < 1.29 is 40.2 Å². The Kier molecular flexibility index (Phi) is 9.81. The molecule has 0 aromatic heterocycles. The first-order valence-corrected chi connectivity index (χ1v) is 10.2. The first kappa shape index (κ1) is 26.0. The molecule has 1 saturated carbocycles. The molecule has 0 aliphatic heterocycles. The fourth-order valence-corrected chi connectivity index (χ4v) is 3.73. The number of rotatable bonds is 6. The van der Waals surface area contributed by atoms with E-state index in [2.05, 4.69) is 29.0 Å². The van der Waals surface area contributed by atoms with E-state index in [0.29, 0.717) is 18.4 Å². The third-order valence-corrected chi connectivity index (χ3v) is 5.31. The van der Waals surface area contributed by atoms with E-state index >= 15 is 0 Å². The van der Waals surface area contributed by atoms with E-state index in [1.807, 2.05) is 0 Å². The molecule has 9 heteroatoms. The quantitative estimate of drug-likeness (QED) is 0.411. The van der Waals surface area contributed by atoms with Crippen LogP contribution in [0.3, 0.4) is 0 Å². The molecule has 0 spiro atoms. The van der Waals surface area contributed by atoms with Gasteiger partial charge < -0.3 is 9.47 Å². The van der Waals surface area contributed by atoms with Gasteiger partial charge in [-0.2, -0.15) is 0 Å². The van der Waals surface area contributed by atoms with Gasteiger partial charge in [-0.05, 0) is 55.1 Å². The molecule has 0 unspecified atom stereocenters. The maximum Gasteiger partial charge on any atom is 0.573 e. The minimum atomic E-state index is -5.22. The molecular formula is C23H25F7O2. The molecule has 0 atom stereocenters. The number of halogens is 7. The van der Waals surface area contributed by atoms with Crippen molar-refractivity contribution in [1.29, 1.82) is 0 Å². The normalized spacial score (nSPS) is 18.6. The van der Waals surface area contributed by atoms with Crippen molar-refractivity contribution in [2.75, 3.05) is 13.8 Å². The zero-order valence-electron chi connectivity index (χ0n) is 17.5. The lowest BCUT2D eigenvalue weighted by molar-refractivity contribution is -0.276. The van der Waals surface area contributed by atoms with Gasteiger partial charge in [0.15, 0.2) is 11.6 Å². The third kappa shape index (κ3) is 8.33. The van der Waals surface area contributed by atoms with Gasteiger partial charge in [0.25, 0.3) is 0 Å². The highest BCUT2D eigenvalue weighted by molar-refractivity contribution is 5.27. The molecule has 1 aliphatic rings. The molecule has 1 aliphatic carbocycles. The average Bonchev–Trinajstić information content (AvgIpc) is 2.72. The van der Waals surface area contributed by atoms with Crippen molar-refractivity contribution in [3.05, 3.63) is 65.0 Å². The maximum absolute atomic E-state index is 12.5. The van der Waals surface area contributed by atoms with E-state index in [1.54, 1.807) is 7.11 Å². The van der Waals surface area contributed by atoms with Gasteiger partial charge in [-0.3, -0.25) is 4.39 Å². The van der Waals surface area contributed by atoms with Gasteiger partial charge in [-0.1, -0.05) is 24.3 Å². The molecule has 0 saturated heterocycles. The Morgan fingerprint density at radius 3 is 1.94 bits per heavy atom. The Labute approximate surface area is 182 Å². The van der Waals surface area contributed by atoms with Crippen LogP contribution in [-0.4, -0.2) is 20.1 Å². The smallest absolute Gasteiger partial charge is 0.399 e. The largest absolute Gasteiger partial charge is 0.573 e. The van der Waals surface area contributed by atoms with E-state index < -0.39 is 29.6 Å². The molecule has 1 fully saturated rings. The second-order valence-electron chi connectivity index (χ2n) is 7.62. The average molecular weight is 466 g/mol. The van der Waals surface area contributed by atoms with Crippen LogP contribution in [0.15, 0.2) is 36.4 Å². The minimum Gasteiger partial charge on any atom is -0.399 e. The van der Waals surface area contributed by atoms with Crippen LogP contribution in [-0.2, 0) is 11.3 Å². The molecular weight excluding hydrogens is 441 g/mol. The lowest BCUT2D eigenvalue weighted by Crippen LogP contribution is -2.19. The lowest BCUT2D eigenvalue weighted by atomic mass is 9.77. The molecule has 32 heavy (non-hydrogen) atoms. The van der Waals surface area contributed by atoms with E-state index in [9.17, 15) is 30.7 Å². The third-order valence-electron chi connectivity index (χ3n) is 5.31. The summed E-state index contributed by atoms with van der Waals surface area (Å²) in [5.74, 6) is -5.19. The van der Waals surface area contributed by atoms with Gasteiger partial charge in [0.2, 0.25) is 5.75 Å². The Morgan fingerprint density at radius 1 is 0.906 bits per heavy atom. The summed E-state index contributed by atoms with van der Waals surface area (Å²) < 4.78 is 92.4. The summed E-state index contributed by atoms with van der Waals surface area (Å²) in [4.78, 5) is 0. The summed E-state index contributed by atoms with van der Waals surface area (Å²) >= 11 is 0. The predicted molar refractivity (Wildman–Crippen MR) is 105 cm³/mol. The van der Waals surface area contributed by atoms with Crippen molar-refractivity contribution in [2.45, 2.75) is 51.0 Å². The van der Waals surface area contributed by atoms with E-state index in [4.69, 9.17) is 4.74 Å². The fraction of sp³-hybridized carbons (Fsp3) is 0.478. The molecule has 2 aromatic carbocycles. The molecule has 2 aromatic rings. The van der Waals surface area contributed by atoms with Gasteiger partial charge in [-0.25, -0.2) is 13.2 Å². The highest BCUT2D eigenvalue weighted by Crippen LogP contribution is 2.37. The maximum atomic E-state index is 12.5. The SMILES string of the molecule is COCc1ccc(C2CCC(CCF)CC2)cc1.Fc1cc(F)c(OC(F)(F)F)c(F)c1. The van der Waals surface area contributed by atoms with Crippen molar-refractivity contribution in [3.8, 4) is 5.75 Å². The second-order valence-corrected chi connectivity index (χ2v) is 7.62. The summed E-state index contributed by atoms with van der Waals surface area (Å²) in [6.45, 7) is 0.532. The minimum absolute atomic E-state index is 0.0875. The Hall–Kier alpha value is -2.29. The fourth-order valence-electron chi connectivity index (χ4n) is 3.73. The van der Waals surface area contributed by atoms with Crippen LogP contribution in [0.25, 0.3) is 0 Å². The van der Waals surface area contributed by atoms with Gasteiger partial charge in [-0.15, -0.1) is 13.2 Å². The van der Waals surface area contributed by atoms with Gasteiger partial charge in [0, 0.05) is 19.2 Å². The lowest BCUT2D eigenvalue weighted by Gasteiger charge is -2.28. The number of alkyl halides is 4. The summed E-state index contributed by atoms with van der Waals surface area (Å²) in [6.07, 6.45) is 0.352.